The van der Waals surface area contributed by atoms with Crippen molar-refractivity contribution in [3.05, 3.63) is 146 Å². The predicted octanol–water partition coefficient (Wildman–Crippen LogP) is 12.5. The maximum atomic E-state index is 4.84. The summed E-state index contributed by atoms with van der Waals surface area (Å²) in [6.07, 6.45) is 1.72. The Kier molecular flexibility index (Phi) is 5.65. The second kappa shape index (κ2) is 10.0. The lowest BCUT2D eigenvalue weighted by Gasteiger charge is -2.11. The van der Waals surface area contributed by atoms with E-state index >= 15 is 0 Å². The van der Waals surface area contributed by atoms with Crippen LogP contribution in [0.3, 0.4) is 0 Å². The number of thiophene rings is 2. The van der Waals surface area contributed by atoms with Gasteiger partial charge < -0.3 is 0 Å². The van der Waals surface area contributed by atoms with Gasteiger partial charge in [-0.05, 0) is 58.0 Å². The molecule has 0 radical (unpaired) electrons. The Bertz CT molecular complexity index is 2820. The summed E-state index contributed by atoms with van der Waals surface area (Å²) < 4.78 is 5.24. The zero-order chi connectivity index (χ0) is 30.2. The fraction of sp³-hybridized carbons (Fsp3) is 0. The predicted molar refractivity (Wildman–Crippen MR) is 199 cm³/mol. The van der Waals surface area contributed by atoms with Gasteiger partial charge >= 0.3 is 0 Å². The molecular formula is C42H24N2S2. The number of hydrogen-bond donors (Lipinski definition) is 0. The summed E-state index contributed by atoms with van der Waals surface area (Å²) in [5.41, 5.74) is 8.05. The average molecular weight is 621 g/mol. The third kappa shape index (κ3) is 3.87. The Balaban J connectivity index is 1.09. The quantitative estimate of drug-likeness (QED) is 0.184. The van der Waals surface area contributed by atoms with Crippen molar-refractivity contribution in [3.63, 3.8) is 0 Å². The van der Waals surface area contributed by atoms with Gasteiger partial charge in [-0.1, -0.05) is 109 Å². The topological polar surface area (TPSA) is 25.8 Å². The van der Waals surface area contributed by atoms with Crippen LogP contribution in [0.2, 0.25) is 0 Å². The van der Waals surface area contributed by atoms with Gasteiger partial charge in [0, 0.05) is 56.7 Å². The highest BCUT2D eigenvalue weighted by Crippen LogP contribution is 2.43. The van der Waals surface area contributed by atoms with Gasteiger partial charge in [0.2, 0.25) is 0 Å². The molecule has 0 amide bonds. The van der Waals surface area contributed by atoms with Crippen LogP contribution in [0, 0.1) is 0 Å². The smallest absolute Gasteiger partial charge is 0.116 e. The molecule has 3 aromatic heterocycles. The number of hydrogen-bond acceptors (Lipinski definition) is 4. The monoisotopic (exact) mass is 620 g/mol. The highest BCUT2D eigenvalue weighted by Gasteiger charge is 2.16. The Morgan fingerprint density at radius 2 is 1.00 bits per heavy atom. The lowest BCUT2D eigenvalue weighted by atomic mass is 9.95. The molecule has 0 unspecified atom stereocenters. The number of benzene rings is 7. The van der Waals surface area contributed by atoms with Crippen LogP contribution in [0.15, 0.2) is 146 Å². The molecule has 10 aromatic rings. The SMILES string of the molecule is c1cc(-c2ccc3c(ccc4c(-c5cccc6c5sc5ccccc56)ncnc43)c2)cc(-c2cccc3c2sc2ccccc23)c1. The molecule has 3 heterocycles. The minimum absolute atomic E-state index is 0.983. The second-order valence-electron chi connectivity index (χ2n) is 11.8. The Labute approximate surface area is 272 Å². The number of rotatable bonds is 3. The van der Waals surface area contributed by atoms with Crippen LogP contribution in [-0.2, 0) is 0 Å². The molecule has 0 N–H and O–H groups in total. The maximum Gasteiger partial charge on any atom is 0.116 e. The van der Waals surface area contributed by atoms with Crippen molar-refractivity contribution in [1.29, 1.82) is 0 Å². The van der Waals surface area contributed by atoms with Crippen molar-refractivity contribution in [2.24, 2.45) is 0 Å². The summed E-state index contributed by atoms with van der Waals surface area (Å²) in [4.78, 5) is 9.65. The fourth-order valence-corrected chi connectivity index (χ4v) is 9.48. The average Bonchev–Trinajstić information content (AvgIpc) is 3.70. The largest absolute Gasteiger partial charge is 0.236 e. The van der Waals surface area contributed by atoms with E-state index in [1.807, 2.05) is 22.7 Å². The van der Waals surface area contributed by atoms with Crippen molar-refractivity contribution in [3.8, 4) is 33.5 Å². The number of nitrogens with zero attached hydrogens (tertiary/aromatic N) is 2. The van der Waals surface area contributed by atoms with Crippen LogP contribution in [0.4, 0.5) is 0 Å². The molecule has 0 saturated heterocycles. The van der Waals surface area contributed by atoms with Crippen LogP contribution < -0.4 is 0 Å². The van der Waals surface area contributed by atoms with Gasteiger partial charge in [0.15, 0.2) is 0 Å². The summed E-state index contributed by atoms with van der Waals surface area (Å²) in [6, 6.07) is 50.7. The van der Waals surface area contributed by atoms with Crippen LogP contribution in [0.5, 0.6) is 0 Å². The van der Waals surface area contributed by atoms with E-state index in [1.54, 1.807) is 6.33 Å². The molecule has 2 nitrogen and oxygen atoms in total. The van der Waals surface area contributed by atoms with E-state index in [9.17, 15) is 0 Å². The molecule has 0 aliphatic heterocycles. The Morgan fingerprint density at radius 3 is 1.78 bits per heavy atom. The zero-order valence-corrected chi connectivity index (χ0v) is 26.2. The van der Waals surface area contributed by atoms with Crippen molar-refractivity contribution < 1.29 is 0 Å². The van der Waals surface area contributed by atoms with E-state index in [4.69, 9.17) is 9.97 Å². The molecule has 7 aromatic carbocycles. The number of fused-ring (bicyclic) bond motifs is 9. The minimum atomic E-state index is 0.983. The molecule has 0 spiro atoms. The van der Waals surface area contributed by atoms with Crippen LogP contribution in [0.25, 0.3) is 95.5 Å². The van der Waals surface area contributed by atoms with Crippen molar-refractivity contribution in [1.82, 2.24) is 9.97 Å². The molecule has 0 aliphatic carbocycles. The van der Waals surface area contributed by atoms with Gasteiger partial charge in [-0.3, -0.25) is 0 Å². The Morgan fingerprint density at radius 1 is 0.391 bits per heavy atom. The third-order valence-electron chi connectivity index (χ3n) is 9.19. The van der Waals surface area contributed by atoms with Crippen LogP contribution in [-0.4, -0.2) is 9.97 Å². The van der Waals surface area contributed by atoms with Gasteiger partial charge in [0.25, 0.3) is 0 Å². The lowest BCUT2D eigenvalue weighted by molar-refractivity contribution is 1.23. The van der Waals surface area contributed by atoms with Crippen LogP contribution in [0.1, 0.15) is 0 Å². The summed E-state index contributed by atoms with van der Waals surface area (Å²) in [6.45, 7) is 0. The summed E-state index contributed by atoms with van der Waals surface area (Å²) in [7, 11) is 0. The van der Waals surface area contributed by atoms with Crippen LogP contribution >= 0.6 is 22.7 Å². The van der Waals surface area contributed by atoms with Crippen molar-refractivity contribution in [2.45, 2.75) is 0 Å². The molecule has 0 fully saturated rings. The van der Waals surface area contributed by atoms with Gasteiger partial charge in [-0.15, -0.1) is 22.7 Å². The van der Waals surface area contributed by atoms with E-state index in [2.05, 4.69) is 140 Å². The lowest BCUT2D eigenvalue weighted by Crippen LogP contribution is -1.91. The molecular weight excluding hydrogens is 597 g/mol. The van der Waals surface area contributed by atoms with Gasteiger partial charge in [-0.2, -0.15) is 0 Å². The summed E-state index contributed by atoms with van der Waals surface area (Å²) in [5, 5.41) is 8.62. The molecule has 214 valence electrons. The fourth-order valence-electron chi connectivity index (χ4n) is 7.03. The maximum absolute atomic E-state index is 4.84. The molecule has 0 bridgehead atoms. The minimum Gasteiger partial charge on any atom is -0.236 e. The van der Waals surface area contributed by atoms with E-state index in [-0.39, 0.29) is 0 Å². The molecule has 0 atom stereocenters. The highest BCUT2D eigenvalue weighted by atomic mass is 32.1. The highest BCUT2D eigenvalue weighted by molar-refractivity contribution is 7.26. The first-order valence-corrected chi connectivity index (χ1v) is 17.0. The van der Waals surface area contributed by atoms with Gasteiger partial charge in [0.1, 0.15) is 6.33 Å². The third-order valence-corrected chi connectivity index (χ3v) is 11.6. The number of aromatic nitrogens is 2. The second-order valence-corrected chi connectivity index (χ2v) is 13.9. The van der Waals surface area contributed by atoms with E-state index in [0.717, 1.165) is 27.5 Å². The van der Waals surface area contributed by atoms with Crippen molar-refractivity contribution >= 4 is 84.7 Å². The van der Waals surface area contributed by atoms with E-state index in [0.29, 0.717) is 0 Å². The Hall–Kier alpha value is -5.42. The molecule has 0 saturated carbocycles. The standard InChI is InChI=1S/C42H24N2S2/c1-3-16-37-31(10-1)33-13-6-12-30(41(33)45-37)27-9-5-8-25(22-27)26-18-20-29-28(23-26)19-21-35-39(29)43-24-44-40(35)36-15-7-14-34-32-11-2-4-17-38(32)46-42(34)36/h1-24H. The van der Waals surface area contributed by atoms with Gasteiger partial charge in [-0.25, -0.2) is 9.97 Å². The first kappa shape index (κ1) is 25.9. The van der Waals surface area contributed by atoms with Crippen molar-refractivity contribution in [2.75, 3.05) is 0 Å². The summed E-state index contributed by atoms with van der Waals surface area (Å²) >= 11 is 3.71. The molecule has 4 heteroatoms. The first-order chi connectivity index (χ1) is 22.8. The summed E-state index contributed by atoms with van der Waals surface area (Å²) in [5.74, 6) is 0. The zero-order valence-electron chi connectivity index (χ0n) is 24.6. The first-order valence-electron chi connectivity index (χ1n) is 15.4. The molecule has 10 rings (SSSR count). The molecule has 46 heavy (non-hydrogen) atoms. The van der Waals surface area contributed by atoms with E-state index in [1.165, 1.54) is 68.0 Å². The normalized spacial score (nSPS) is 11.9. The molecule has 0 aliphatic rings. The van der Waals surface area contributed by atoms with Gasteiger partial charge in [0.05, 0.1) is 11.2 Å². The van der Waals surface area contributed by atoms with E-state index < -0.39 is 0 Å².